The maximum Gasteiger partial charge on any atom is 0.163 e. The molecule has 102 valence electrons. The molecule has 0 unspecified atom stereocenters. The SMILES string of the molecule is CCOC(C)(C)c1nc(N)c2c3c(sc2n1)CCC3. The van der Waals surface area contributed by atoms with Gasteiger partial charge in [-0.25, -0.2) is 9.97 Å². The average Bonchev–Trinajstić information content (AvgIpc) is 2.87. The summed E-state index contributed by atoms with van der Waals surface area (Å²) >= 11 is 1.76. The molecule has 0 aliphatic heterocycles. The second kappa shape index (κ2) is 4.42. The van der Waals surface area contributed by atoms with Crippen molar-refractivity contribution in [2.75, 3.05) is 12.3 Å². The van der Waals surface area contributed by atoms with Crippen molar-refractivity contribution in [1.29, 1.82) is 0 Å². The highest BCUT2D eigenvalue weighted by molar-refractivity contribution is 7.19. The summed E-state index contributed by atoms with van der Waals surface area (Å²) < 4.78 is 5.72. The second-order valence-electron chi connectivity index (χ2n) is 5.41. The molecule has 4 nitrogen and oxygen atoms in total. The van der Waals surface area contributed by atoms with Gasteiger partial charge in [-0.2, -0.15) is 0 Å². The van der Waals surface area contributed by atoms with Gasteiger partial charge in [-0.3, -0.25) is 0 Å². The van der Waals surface area contributed by atoms with Crippen molar-refractivity contribution >= 4 is 27.4 Å². The fourth-order valence-corrected chi connectivity index (χ4v) is 3.99. The molecule has 2 heterocycles. The van der Waals surface area contributed by atoms with Crippen LogP contribution in [-0.4, -0.2) is 16.6 Å². The zero-order chi connectivity index (χ0) is 13.6. The second-order valence-corrected chi connectivity index (χ2v) is 6.50. The first-order chi connectivity index (χ1) is 9.03. The molecule has 2 aromatic heterocycles. The fraction of sp³-hybridized carbons (Fsp3) is 0.571. The van der Waals surface area contributed by atoms with Crippen LogP contribution in [0.3, 0.4) is 0 Å². The number of fused-ring (bicyclic) bond motifs is 3. The smallest absolute Gasteiger partial charge is 0.163 e. The lowest BCUT2D eigenvalue weighted by Crippen LogP contribution is -2.25. The number of anilines is 1. The fourth-order valence-electron chi connectivity index (χ4n) is 2.72. The molecule has 1 aliphatic rings. The van der Waals surface area contributed by atoms with Crippen molar-refractivity contribution in [3.8, 4) is 0 Å². The van der Waals surface area contributed by atoms with Crippen LogP contribution in [0.15, 0.2) is 0 Å². The highest BCUT2D eigenvalue weighted by Crippen LogP contribution is 2.39. The minimum atomic E-state index is -0.495. The molecule has 0 amide bonds. The van der Waals surface area contributed by atoms with Gasteiger partial charge in [0, 0.05) is 11.5 Å². The molecule has 5 heteroatoms. The monoisotopic (exact) mass is 277 g/mol. The van der Waals surface area contributed by atoms with E-state index in [1.54, 1.807) is 11.3 Å². The van der Waals surface area contributed by atoms with Crippen LogP contribution in [0.2, 0.25) is 0 Å². The quantitative estimate of drug-likeness (QED) is 0.936. The Morgan fingerprint density at radius 2 is 2.11 bits per heavy atom. The number of aromatic nitrogens is 2. The molecular formula is C14H19N3OS. The van der Waals surface area contributed by atoms with Crippen LogP contribution in [0.25, 0.3) is 10.2 Å². The number of nitrogens with two attached hydrogens (primary N) is 1. The van der Waals surface area contributed by atoms with Gasteiger partial charge in [0.2, 0.25) is 0 Å². The summed E-state index contributed by atoms with van der Waals surface area (Å²) in [5.74, 6) is 1.28. The molecule has 0 saturated heterocycles. The van der Waals surface area contributed by atoms with Gasteiger partial charge in [0.15, 0.2) is 5.82 Å². The van der Waals surface area contributed by atoms with E-state index in [2.05, 4.69) is 4.98 Å². The van der Waals surface area contributed by atoms with E-state index in [1.165, 1.54) is 16.9 Å². The van der Waals surface area contributed by atoms with E-state index in [1.807, 2.05) is 20.8 Å². The van der Waals surface area contributed by atoms with Crippen LogP contribution in [0.1, 0.15) is 43.5 Å². The number of hydrogen-bond acceptors (Lipinski definition) is 5. The Morgan fingerprint density at radius 3 is 2.84 bits per heavy atom. The highest BCUT2D eigenvalue weighted by Gasteiger charge is 2.28. The topological polar surface area (TPSA) is 61.0 Å². The van der Waals surface area contributed by atoms with Gasteiger partial charge in [-0.1, -0.05) is 0 Å². The van der Waals surface area contributed by atoms with Crippen LogP contribution in [0.5, 0.6) is 0 Å². The number of hydrogen-bond donors (Lipinski definition) is 1. The summed E-state index contributed by atoms with van der Waals surface area (Å²) in [6, 6.07) is 0. The Hall–Kier alpha value is -1.20. The third-order valence-corrected chi connectivity index (χ3v) is 4.82. The summed E-state index contributed by atoms with van der Waals surface area (Å²) in [4.78, 5) is 11.6. The molecule has 1 aliphatic carbocycles. The predicted molar refractivity (Wildman–Crippen MR) is 78.5 cm³/mol. The number of nitrogen functional groups attached to an aromatic ring is 1. The van der Waals surface area contributed by atoms with Crippen molar-refractivity contribution in [3.05, 3.63) is 16.3 Å². The Morgan fingerprint density at radius 1 is 1.32 bits per heavy atom. The molecule has 0 spiro atoms. The third kappa shape index (κ3) is 2.01. The Balaban J connectivity index is 2.16. The Bertz CT molecular complexity index is 633. The summed E-state index contributed by atoms with van der Waals surface area (Å²) in [5, 5.41) is 1.08. The number of ether oxygens (including phenoxy) is 1. The van der Waals surface area contributed by atoms with E-state index in [9.17, 15) is 0 Å². The van der Waals surface area contributed by atoms with Crippen molar-refractivity contribution in [2.45, 2.75) is 45.6 Å². The zero-order valence-corrected chi connectivity index (χ0v) is 12.4. The minimum Gasteiger partial charge on any atom is -0.383 e. The first-order valence-corrected chi connectivity index (χ1v) is 7.56. The molecule has 0 fully saturated rings. The largest absolute Gasteiger partial charge is 0.383 e. The average molecular weight is 277 g/mol. The predicted octanol–water partition coefficient (Wildman–Crippen LogP) is 3.03. The maximum absolute atomic E-state index is 6.17. The zero-order valence-electron chi connectivity index (χ0n) is 11.6. The highest BCUT2D eigenvalue weighted by atomic mass is 32.1. The van der Waals surface area contributed by atoms with Crippen LogP contribution in [-0.2, 0) is 23.2 Å². The van der Waals surface area contributed by atoms with E-state index >= 15 is 0 Å². The van der Waals surface area contributed by atoms with Gasteiger partial charge < -0.3 is 10.5 Å². The summed E-state index contributed by atoms with van der Waals surface area (Å²) in [6.45, 7) is 6.58. The van der Waals surface area contributed by atoms with Gasteiger partial charge in [-0.05, 0) is 45.6 Å². The van der Waals surface area contributed by atoms with E-state index in [0.717, 1.165) is 23.1 Å². The molecule has 2 aromatic rings. The van der Waals surface area contributed by atoms with Crippen molar-refractivity contribution in [2.24, 2.45) is 0 Å². The van der Waals surface area contributed by atoms with Gasteiger partial charge in [-0.15, -0.1) is 11.3 Å². The van der Waals surface area contributed by atoms with E-state index < -0.39 is 5.60 Å². The lowest BCUT2D eigenvalue weighted by atomic mass is 10.1. The molecular weight excluding hydrogens is 258 g/mol. The van der Waals surface area contributed by atoms with Crippen LogP contribution in [0.4, 0.5) is 5.82 Å². The van der Waals surface area contributed by atoms with Gasteiger partial charge in [0.1, 0.15) is 16.2 Å². The van der Waals surface area contributed by atoms with Crippen LogP contribution in [0, 0.1) is 0 Å². The van der Waals surface area contributed by atoms with Gasteiger partial charge >= 0.3 is 0 Å². The van der Waals surface area contributed by atoms with E-state index in [0.29, 0.717) is 18.2 Å². The summed E-state index contributed by atoms with van der Waals surface area (Å²) in [5.41, 5.74) is 7.05. The Labute approximate surface area is 117 Å². The van der Waals surface area contributed by atoms with Gasteiger partial charge in [0.25, 0.3) is 0 Å². The molecule has 0 bridgehead atoms. The number of aryl methyl sites for hydroxylation is 2. The minimum absolute atomic E-state index is 0.495. The van der Waals surface area contributed by atoms with Crippen molar-refractivity contribution in [3.63, 3.8) is 0 Å². The van der Waals surface area contributed by atoms with Gasteiger partial charge in [0.05, 0.1) is 5.39 Å². The number of nitrogens with zero attached hydrogens (tertiary/aromatic N) is 2. The molecule has 0 radical (unpaired) electrons. The maximum atomic E-state index is 6.17. The van der Waals surface area contributed by atoms with Crippen molar-refractivity contribution in [1.82, 2.24) is 9.97 Å². The number of thiophene rings is 1. The summed E-state index contributed by atoms with van der Waals surface area (Å²) in [6.07, 6.45) is 3.49. The van der Waals surface area contributed by atoms with Crippen molar-refractivity contribution < 1.29 is 4.74 Å². The van der Waals surface area contributed by atoms with E-state index in [-0.39, 0.29) is 0 Å². The molecule has 2 N–H and O–H groups in total. The first kappa shape index (κ1) is 12.8. The Kier molecular flexibility index (Phi) is 2.98. The lowest BCUT2D eigenvalue weighted by molar-refractivity contribution is -0.0204. The standard InChI is InChI=1S/C14H19N3OS/c1-4-18-14(2,3)13-16-11(15)10-8-6-5-7-9(8)19-12(10)17-13/h4-7H2,1-3H3,(H2,15,16,17). The molecule has 0 saturated carbocycles. The van der Waals surface area contributed by atoms with Crippen LogP contribution >= 0.6 is 11.3 Å². The molecule has 0 aromatic carbocycles. The third-order valence-electron chi connectivity index (χ3n) is 3.64. The lowest BCUT2D eigenvalue weighted by Gasteiger charge is -2.23. The molecule has 0 atom stereocenters. The normalized spacial score (nSPS) is 15.1. The first-order valence-electron chi connectivity index (χ1n) is 6.75. The molecule has 3 rings (SSSR count). The van der Waals surface area contributed by atoms with Crippen LogP contribution < -0.4 is 5.73 Å². The summed E-state index contributed by atoms with van der Waals surface area (Å²) in [7, 11) is 0. The van der Waals surface area contributed by atoms with E-state index in [4.69, 9.17) is 15.5 Å². The molecule has 19 heavy (non-hydrogen) atoms. The number of rotatable bonds is 3.